The van der Waals surface area contributed by atoms with Crippen LogP contribution in [-0.4, -0.2) is 46.4 Å². The van der Waals surface area contributed by atoms with Crippen LogP contribution in [0, 0.1) is 11.8 Å². The summed E-state index contributed by atoms with van der Waals surface area (Å²) in [6.45, 7) is 3.47. The molecule has 3 aromatic heterocycles. The molecule has 8 nitrogen and oxygen atoms in total. The number of carbonyl (C=O) groups excluding carboxylic acids is 1. The van der Waals surface area contributed by atoms with Crippen molar-refractivity contribution in [2.24, 2.45) is 0 Å². The predicted molar refractivity (Wildman–Crippen MR) is 133 cm³/mol. The highest BCUT2D eigenvalue weighted by Gasteiger charge is 2.21. The van der Waals surface area contributed by atoms with Crippen molar-refractivity contribution in [3.05, 3.63) is 59.1 Å². The van der Waals surface area contributed by atoms with Gasteiger partial charge in [0.1, 0.15) is 22.6 Å². The molecule has 0 bridgehead atoms. The topological polar surface area (TPSA) is 99.1 Å². The lowest BCUT2D eigenvalue weighted by molar-refractivity contribution is 0.102. The third-order valence-electron chi connectivity index (χ3n) is 4.73. The van der Waals surface area contributed by atoms with E-state index in [2.05, 4.69) is 44.2 Å². The number of ether oxygens (including phenoxy) is 2. The molecule has 0 aliphatic heterocycles. The highest BCUT2D eigenvalue weighted by atomic mass is 32.1. The van der Waals surface area contributed by atoms with Gasteiger partial charge in [0.05, 0.1) is 25.5 Å². The SMILES string of the molecule is CCCOCC/C=C\CC#Cc1cc(-c2cc(C(F)F)ncc2OC)c(C(=O)Nc2nncs2)cn1. The summed E-state index contributed by atoms with van der Waals surface area (Å²) in [5.41, 5.74) is 2.12. The maximum atomic E-state index is 13.4. The Morgan fingerprint density at radius 1 is 1.19 bits per heavy atom. The number of hydrogen-bond acceptors (Lipinski definition) is 8. The summed E-state index contributed by atoms with van der Waals surface area (Å²) in [5, 5.41) is 10.4. The van der Waals surface area contributed by atoms with Gasteiger partial charge in [-0.25, -0.2) is 13.8 Å². The first-order chi connectivity index (χ1) is 17.5. The lowest BCUT2D eigenvalue weighted by Crippen LogP contribution is -2.14. The summed E-state index contributed by atoms with van der Waals surface area (Å²) >= 11 is 1.14. The normalized spacial score (nSPS) is 10.9. The summed E-state index contributed by atoms with van der Waals surface area (Å²) in [6, 6.07) is 2.76. The van der Waals surface area contributed by atoms with Crippen molar-refractivity contribution in [2.75, 3.05) is 25.6 Å². The largest absolute Gasteiger partial charge is 0.494 e. The Morgan fingerprint density at radius 3 is 2.78 bits per heavy atom. The highest BCUT2D eigenvalue weighted by molar-refractivity contribution is 7.13. The van der Waals surface area contributed by atoms with Gasteiger partial charge in [0, 0.05) is 30.4 Å². The van der Waals surface area contributed by atoms with Gasteiger partial charge in [0.2, 0.25) is 5.13 Å². The molecule has 1 N–H and O–H groups in total. The van der Waals surface area contributed by atoms with Gasteiger partial charge in [0.15, 0.2) is 0 Å². The van der Waals surface area contributed by atoms with E-state index >= 15 is 0 Å². The second-order valence-electron chi connectivity index (χ2n) is 7.30. The van der Waals surface area contributed by atoms with E-state index in [0.29, 0.717) is 24.3 Å². The van der Waals surface area contributed by atoms with Crippen LogP contribution >= 0.6 is 11.3 Å². The number of allylic oxidation sites excluding steroid dienone is 1. The predicted octanol–water partition coefficient (Wildman–Crippen LogP) is 5.31. The second kappa shape index (κ2) is 14.0. The smallest absolute Gasteiger partial charge is 0.280 e. The monoisotopic (exact) mass is 513 g/mol. The quantitative estimate of drug-likeness (QED) is 0.211. The molecule has 11 heteroatoms. The number of pyridine rings is 2. The van der Waals surface area contributed by atoms with Crippen LogP contribution in [0.2, 0.25) is 0 Å². The molecule has 0 aliphatic rings. The average molecular weight is 514 g/mol. The van der Waals surface area contributed by atoms with Crippen LogP contribution in [0.1, 0.15) is 54.4 Å². The Hall–Kier alpha value is -3.75. The van der Waals surface area contributed by atoms with Crippen molar-refractivity contribution in [2.45, 2.75) is 32.6 Å². The molecule has 1 amide bonds. The minimum absolute atomic E-state index is 0.132. The molecular formula is C25H25F2N5O3S. The molecule has 0 atom stereocenters. The molecular weight excluding hydrogens is 488 g/mol. The first kappa shape index (κ1) is 26.8. The zero-order valence-corrected chi connectivity index (χ0v) is 20.6. The van der Waals surface area contributed by atoms with Gasteiger partial charge < -0.3 is 9.47 Å². The lowest BCUT2D eigenvalue weighted by Gasteiger charge is -2.14. The summed E-state index contributed by atoms with van der Waals surface area (Å²) in [5.74, 6) is 5.65. The highest BCUT2D eigenvalue weighted by Crippen LogP contribution is 2.35. The van der Waals surface area contributed by atoms with Gasteiger partial charge in [-0.15, -0.1) is 10.2 Å². The van der Waals surface area contributed by atoms with E-state index in [-0.39, 0.29) is 22.0 Å². The second-order valence-corrected chi connectivity index (χ2v) is 8.13. The standard InChI is InChI=1S/C25H25F2N5O3S/c1-3-10-35-11-8-6-4-5-7-9-17-12-18(19-13-21(23(26)27)29-15-22(19)34-2)20(14-28-17)24(33)31-25-32-30-16-36-25/h4,6,12-16,23H,3,5,8,10-11H2,1-2H3,(H,31,32,33)/b6-4-. The number of nitrogens with one attached hydrogen (secondary N) is 1. The number of rotatable bonds is 11. The van der Waals surface area contributed by atoms with Crippen LogP contribution in [0.4, 0.5) is 13.9 Å². The molecule has 3 heterocycles. The van der Waals surface area contributed by atoms with E-state index in [1.165, 1.54) is 31.1 Å². The van der Waals surface area contributed by atoms with Gasteiger partial charge in [-0.2, -0.15) is 0 Å². The summed E-state index contributed by atoms with van der Waals surface area (Å²) in [6.07, 6.45) is 5.97. The minimum atomic E-state index is -2.80. The Bertz CT molecular complexity index is 1240. The number of amides is 1. The number of methoxy groups -OCH3 is 1. The number of anilines is 1. The average Bonchev–Trinajstić information content (AvgIpc) is 3.40. The minimum Gasteiger partial charge on any atom is -0.494 e. The number of carbonyl (C=O) groups is 1. The van der Waals surface area contributed by atoms with Gasteiger partial charge in [0.25, 0.3) is 12.3 Å². The number of hydrogen-bond donors (Lipinski definition) is 1. The zero-order chi connectivity index (χ0) is 25.8. The van der Waals surface area contributed by atoms with Crippen molar-refractivity contribution in [1.29, 1.82) is 0 Å². The number of nitrogens with zero attached hydrogens (tertiary/aromatic N) is 4. The Labute approximate surface area is 211 Å². The molecule has 3 rings (SSSR count). The molecule has 0 spiro atoms. The summed E-state index contributed by atoms with van der Waals surface area (Å²) in [7, 11) is 1.39. The molecule has 0 unspecified atom stereocenters. The van der Waals surface area contributed by atoms with Crippen molar-refractivity contribution in [1.82, 2.24) is 20.2 Å². The Kier molecular flexibility index (Phi) is 10.4. The Morgan fingerprint density at radius 2 is 2.06 bits per heavy atom. The molecule has 188 valence electrons. The molecule has 0 saturated heterocycles. The van der Waals surface area contributed by atoms with Crippen LogP contribution in [-0.2, 0) is 4.74 Å². The number of aromatic nitrogens is 4. The number of alkyl halides is 2. The van der Waals surface area contributed by atoms with Crippen LogP contribution in [0.5, 0.6) is 5.75 Å². The molecule has 0 aliphatic carbocycles. The first-order valence-electron chi connectivity index (χ1n) is 11.1. The van der Waals surface area contributed by atoms with Crippen molar-refractivity contribution >= 4 is 22.4 Å². The van der Waals surface area contributed by atoms with Crippen molar-refractivity contribution in [3.8, 4) is 28.7 Å². The summed E-state index contributed by atoms with van der Waals surface area (Å²) < 4.78 is 37.6. The van der Waals surface area contributed by atoms with Gasteiger partial charge >= 0.3 is 0 Å². The third kappa shape index (κ3) is 7.63. The van der Waals surface area contributed by atoms with E-state index < -0.39 is 18.0 Å². The van der Waals surface area contributed by atoms with Crippen molar-refractivity contribution < 1.29 is 23.0 Å². The van der Waals surface area contributed by atoms with Gasteiger partial charge in [-0.1, -0.05) is 36.3 Å². The summed E-state index contributed by atoms with van der Waals surface area (Å²) in [4.78, 5) is 21.0. The molecule has 0 fully saturated rings. The fraction of sp³-hybridized carbons (Fsp3) is 0.320. The number of halogens is 2. The van der Waals surface area contributed by atoms with E-state index in [0.717, 1.165) is 30.8 Å². The first-order valence-corrected chi connectivity index (χ1v) is 12.0. The molecule has 0 saturated carbocycles. The zero-order valence-electron chi connectivity index (χ0n) is 19.8. The maximum absolute atomic E-state index is 13.4. The molecule has 0 radical (unpaired) electrons. The van der Waals surface area contributed by atoms with E-state index in [1.54, 1.807) is 6.07 Å². The third-order valence-corrected chi connectivity index (χ3v) is 5.34. The molecule has 36 heavy (non-hydrogen) atoms. The van der Waals surface area contributed by atoms with E-state index in [1.807, 2.05) is 12.2 Å². The van der Waals surface area contributed by atoms with Gasteiger partial charge in [-0.05, 0) is 30.9 Å². The van der Waals surface area contributed by atoms with Gasteiger partial charge in [-0.3, -0.25) is 15.1 Å². The molecule has 0 aromatic carbocycles. The van der Waals surface area contributed by atoms with Crippen molar-refractivity contribution in [3.63, 3.8) is 0 Å². The fourth-order valence-corrected chi connectivity index (χ4v) is 3.51. The molecule has 3 aromatic rings. The lowest BCUT2D eigenvalue weighted by atomic mass is 9.99. The Balaban J connectivity index is 1.90. The van der Waals surface area contributed by atoms with Crippen LogP contribution in [0.3, 0.4) is 0 Å². The van der Waals surface area contributed by atoms with E-state index in [9.17, 15) is 13.6 Å². The maximum Gasteiger partial charge on any atom is 0.280 e. The van der Waals surface area contributed by atoms with Crippen LogP contribution in [0.25, 0.3) is 11.1 Å². The van der Waals surface area contributed by atoms with Crippen LogP contribution in [0.15, 0.2) is 42.2 Å². The fourth-order valence-electron chi connectivity index (χ4n) is 3.07. The van der Waals surface area contributed by atoms with E-state index in [4.69, 9.17) is 9.47 Å². The van der Waals surface area contributed by atoms with Crippen LogP contribution < -0.4 is 10.1 Å².